The number of benzene rings is 1. The topological polar surface area (TPSA) is 31.4 Å². The number of aryl methyl sites for hydroxylation is 2. The zero-order chi connectivity index (χ0) is 20.4. The minimum atomic E-state index is -0.00215. The van der Waals surface area contributed by atoms with E-state index in [1.54, 1.807) is 0 Å². The lowest BCUT2D eigenvalue weighted by molar-refractivity contribution is 0.187. The van der Waals surface area contributed by atoms with E-state index in [-0.39, 0.29) is 6.10 Å². The van der Waals surface area contributed by atoms with Crippen LogP contribution in [0.25, 0.3) is 0 Å². The molecule has 28 heavy (non-hydrogen) atoms. The second kappa shape index (κ2) is 11.6. The van der Waals surface area contributed by atoms with E-state index >= 15 is 0 Å². The standard InChI is InChI=1S/C24H34BNO2/c1-5-8-11-23(22-10-9-12-24(25)26-22)28-21-16-14-19(18(4)17-21)13-15-20(6-2)27-7-3/h6,9-10,12,14,16-17,23H,5,7-8,11,13,15,25H2,1-4H3/b20-6+/t23-/m0/s1. The average molecular weight is 379 g/mol. The highest BCUT2D eigenvalue weighted by molar-refractivity contribution is 6.30. The van der Waals surface area contributed by atoms with E-state index in [1.165, 1.54) is 11.1 Å². The minimum absolute atomic E-state index is 0.00215. The first kappa shape index (κ1) is 22.1. The first-order chi connectivity index (χ1) is 13.6. The predicted octanol–water partition coefficient (Wildman–Crippen LogP) is 4.83. The van der Waals surface area contributed by atoms with Crippen molar-refractivity contribution in [3.8, 4) is 5.75 Å². The van der Waals surface area contributed by atoms with Crippen molar-refractivity contribution >= 4 is 13.4 Å². The molecule has 0 unspecified atom stereocenters. The minimum Gasteiger partial charge on any atom is -0.499 e. The maximum atomic E-state index is 6.38. The highest BCUT2D eigenvalue weighted by Crippen LogP contribution is 2.27. The molecular formula is C24H34BNO2. The zero-order valence-corrected chi connectivity index (χ0v) is 18.1. The lowest BCUT2D eigenvalue weighted by atomic mass is 10.0. The number of hydrogen-bond donors (Lipinski definition) is 0. The van der Waals surface area contributed by atoms with Gasteiger partial charge in [-0.2, -0.15) is 0 Å². The quantitative estimate of drug-likeness (QED) is 0.414. The van der Waals surface area contributed by atoms with Gasteiger partial charge >= 0.3 is 0 Å². The van der Waals surface area contributed by atoms with Crippen LogP contribution in [0.1, 0.15) is 69.4 Å². The monoisotopic (exact) mass is 379 g/mol. The number of nitrogens with zero attached hydrogens (tertiary/aromatic N) is 1. The smallest absolute Gasteiger partial charge is 0.163 e. The van der Waals surface area contributed by atoms with Gasteiger partial charge in [0.2, 0.25) is 0 Å². The summed E-state index contributed by atoms with van der Waals surface area (Å²) in [5.41, 5.74) is 4.65. The fourth-order valence-corrected chi connectivity index (χ4v) is 3.33. The zero-order valence-electron chi connectivity index (χ0n) is 18.1. The Kier molecular flexibility index (Phi) is 9.13. The molecular weight excluding hydrogens is 345 g/mol. The fourth-order valence-electron chi connectivity index (χ4n) is 3.33. The lowest BCUT2D eigenvalue weighted by Gasteiger charge is -2.20. The largest absolute Gasteiger partial charge is 0.499 e. The van der Waals surface area contributed by atoms with Crippen LogP contribution in [0.3, 0.4) is 0 Å². The van der Waals surface area contributed by atoms with E-state index in [9.17, 15) is 0 Å². The first-order valence-electron chi connectivity index (χ1n) is 10.5. The summed E-state index contributed by atoms with van der Waals surface area (Å²) >= 11 is 0. The third kappa shape index (κ3) is 6.74. The van der Waals surface area contributed by atoms with Crippen molar-refractivity contribution in [2.75, 3.05) is 6.61 Å². The van der Waals surface area contributed by atoms with Gasteiger partial charge in [-0.05, 0) is 81.0 Å². The van der Waals surface area contributed by atoms with Gasteiger partial charge in [0.15, 0.2) is 7.85 Å². The Bertz CT molecular complexity index is 773. The summed E-state index contributed by atoms with van der Waals surface area (Å²) < 4.78 is 12.0. The van der Waals surface area contributed by atoms with Gasteiger partial charge in [-0.3, -0.25) is 4.98 Å². The first-order valence-corrected chi connectivity index (χ1v) is 10.5. The summed E-state index contributed by atoms with van der Waals surface area (Å²) in [4.78, 5) is 4.69. The highest BCUT2D eigenvalue weighted by Gasteiger charge is 2.15. The van der Waals surface area contributed by atoms with Gasteiger partial charge in [-0.1, -0.05) is 31.5 Å². The molecule has 2 aromatic rings. The van der Waals surface area contributed by atoms with Crippen LogP contribution in [-0.2, 0) is 11.2 Å². The molecule has 0 radical (unpaired) electrons. The molecule has 3 nitrogen and oxygen atoms in total. The molecule has 0 bridgehead atoms. The summed E-state index contributed by atoms with van der Waals surface area (Å²) in [5, 5.41) is 0. The van der Waals surface area contributed by atoms with Crippen molar-refractivity contribution in [3.63, 3.8) is 0 Å². The van der Waals surface area contributed by atoms with Gasteiger partial charge in [-0.15, -0.1) is 0 Å². The van der Waals surface area contributed by atoms with E-state index < -0.39 is 0 Å². The molecule has 0 aliphatic heterocycles. The van der Waals surface area contributed by atoms with Crippen LogP contribution in [0.4, 0.5) is 0 Å². The van der Waals surface area contributed by atoms with E-state index in [0.29, 0.717) is 0 Å². The lowest BCUT2D eigenvalue weighted by Crippen LogP contribution is -2.16. The van der Waals surface area contributed by atoms with Crippen LogP contribution in [0.5, 0.6) is 5.75 Å². The Hall–Kier alpha value is -2.23. The maximum Gasteiger partial charge on any atom is 0.163 e. The normalized spacial score (nSPS) is 12.6. The molecule has 0 aliphatic rings. The highest BCUT2D eigenvalue weighted by atomic mass is 16.5. The number of ether oxygens (including phenoxy) is 2. The molecule has 1 heterocycles. The van der Waals surface area contributed by atoms with Crippen LogP contribution in [0, 0.1) is 6.92 Å². The van der Waals surface area contributed by atoms with Gasteiger partial charge < -0.3 is 9.47 Å². The van der Waals surface area contributed by atoms with E-state index in [4.69, 9.17) is 14.5 Å². The van der Waals surface area contributed by atoms with Crippen LogP contribution in [-0.4, -0.2) is 19.4 Å². The van der Waals surface area contributed by atoms with Gasteiger partial charge in [-0.25, -0.2) is 0 Å². The molecule has 1 aromatic heterocycles. The number of allylic oxidation sites excluding steroid dienone is 2. The third-order valence-electron chi connectivity index (χ3n) is 4.94. The molecule has 0 aliphatic carbocycles. The number of aromatic nitrogens is 1. The summed E-state index contributed by atoms with van der Waals surface area (Å²) in [6.45, 7) is 9.15. The Labute approximate surface area is 171 Å². The Morgan fingerprint density at radius 3 is 2.68 bits per heavy atom. The van der Waals surface area contributed by atoms with E-state index in [0.717, 1.165) is 61.5 Å². The van der Waals surface area contributed by atoms with E-state index in [1.807, 2.05) is 27.8 Å². The molecule has 2 rings (SSSR count). The third-order valence-corrected chi connectivity index (χ3v) is 4.94. The van der Waals surface area contributed by atoms with E-state index in [2.05, 4.69) is 50.3 Å². The summed E-state index contributed by atoms with van der Waals surface area (Å²) in [6.07, 6.45) is 7.22. The van der Waals surface area contributed by atoms with Gasteiger partial charge in [0.05, 0.1) is 18.1 Å². The van der Waals surface area contributed by atoms with Crippen molar-refractivity contribution in [1.82, 2.24) is 4.98 Å². The molecule has 0 spiro atoms. The second-order valence-corrected chi connectivity index (χ2v) is 7.23. The molecule has 1 atom stereocenters. The number of pyridine rings is 1. The molecule has 1 aromatic carbocycles. The van der Waals surface area contributed by atoms with Gasteiger partial charge in [0.25, 0.3) is 0 Å². The maximum absolute atomic E-state index is 6.38. The van der Waals surface area contributed by atoms with Crippen molar-refractivity contribution in [2.45, 2.75) is 65.9 Å². The SMILES string of the molecule is Bc1cccc([C@H](CCCC)Oc2ccc(CC/C(=C\C)OCC)c(C)c2)n1. The van der Waals surface area contributed by atoms with Crippen LogP contribution in [0.15, 0.2) is 48.2 Å². The van der Waals surface area contributed by atoms with Gasteiger partial charge in [0, 0.05) is 6.42 Å². The molecule has 4 heteroatoms. The van der Waals surface area contributed by atoms with Crippen LogP contribution >= 0.6 is 0 Å². The molecule has 0 N–H and O–H groups in total. The van der Waals surface area contributed by atoms with Crippen molar-refractivity contribution < 1.29 is 9.47 Å². The van der Waals surface area contributed by atoms with Gasteiger partial charge in [0.1, 0.15) is 11.9 Å². The number of unbranched alkanes of at least 4 members (excludes halogenated alkanes) is 1. The Morgan fingerprint density at radius 2 is 2.04 bits per heavy atom. The predicted molar refractivity (Wildman–Crippen MR) is 120 cm³/mol. The van der Waals surface area contributed by atoms with Crippen LogP contribution in [0.2, 0.25) is 0 Å². The van der Waals surface area contributed by atoms with Crippen molar-refractivity contribution in [2.24, 2.45) is 0 Å². The summed E-state index contributed by atoms with van der Waals surface area (Å²) in [7, 11) is 2.03. The van der Waals surface area contributed by atoms with Crippen molar-refractivity contribution in [3.05, 3.63) is 65.1 Å². The molecule has 150 valence electrons. The Balaban J connectivity index is 2.09. The summed E-state index contributed by atoms with van der Waals surface area (Å²) in [5.74, 6) is 1.98. The Morgan fingerprint density at radius 1 is 1.21 bits per heavy atom. The summed E-state index contributed by atoms with van der Waals surface area (Å²) in [6, 6.07) is 12.6. The molecule has 0 saturated carbocycles. The fraction of sp³-hybridized carbons (Fsp3) is 0.458. The second-order valence-electron chi connectivity index (χ2n) is 7.23. The molecule has 0 saturated heterocycles. The average Bonchev–Trinajstić information content (AvgIpc) is 2.69. The number of rotatable bonds is 11. The molecule has 0 fully saturated rings. The molecule has 0 amide bonds. The number of hydrogen-bond acceptors (Lipinski definition) is 3. The van der Waals surface area contributed by atoms with Crippen molar-refractivity contribution in [1.29, 1.82) is 0 Å². The van der Waals surface area contributed by atoms with Crippen LogP contribution < -0.4 is 10.3 Å².